The number of halogens is 5. The Hall–Kier alpha value is -3.22. The first kappa shape index (κ1) is 34.6. The van der Waals surface area contributed by atoms with E-state index in [1.54, 1.807) is 24.3 Å². The number of rotatable bonds is 14. The predicted octanol–water partition coefficient (Wildman–Crippen LogP) is 7.01. The number of nitrogens with zero attached hydrogens (tertiary/aromatic N) is 1. The molecule has 0 saturated carbocycles. The summed E-state index contributed by atoms with van der Waals surface area (Å²) in [6.07, 6.45) is -6.88. The molecule has 0 spiro atoms. The molecule has 1 aliphatic rings. The fraction of sp³-hybridized carbons (Fsp3) is 0.455. The quantitative estimate of drug-likeness (QED) is 0.144. The second-order valence-corrected chi connectivity index (χ2v) is 13.3. The van der Waals surface area contributed by atoms with Gasteiger partial charge in [0.2, 0.25) is 0 Å². The molecule has 3 atom stereocenters. The van der Waals surface area contributed by atoms with Crippen molar-refractivity contribution in [2.24, 2.45) is 0 Å². The van der Waals surface area contributed by atoms with Gasteiger partial charge in [0.15, 0.2) is 0 Å². The number of benzene rings is 3. The monoisotopic (exact) mass is 655 g/mol. The summed E-state index contributed by atoms with van der Waals surface area (Å²) in [5.74, 6) is -3.25. The van der Waals surface area contributed by atoms with E-state index in [4.69, 9.17) is 9.47 Å². The van der Waals surface area contributed by atoms with Crippen LogP contribution in [0.3, 0.4) is 0 Å². The minimum absolute atomic E-state index is 0.113. The molecule has 4 rings (SSSR count). The number of fused-ring (bicyclic) bond motifs is 1. The lowest BCUT2D eigenvalue weighted by Crippen LogP contribution is -2.40. The third-order valence-electron chi connectivity index (χ3n) is 8.14. The van der Waals surface area contributed by atoms with E-state index in [2.05, 4.69) is 6.92 Å². The highest BCUT2D eigenvalue weighted by Gasteiger charge is 2.56. The van der Waals surface area contributed by atoms with Gasteiger partial charge in [0, 0.05) is 48.9 Å². The maximum atomic E-state index is 13.0. The van der Waals surface area contributed by atoms with E-state index < -0.39 is 41.5 Å². The summed E-state index contributed by atoms with van der Waals surface area (Å²) in [5.41, 5.74) is 2.49. The third-order valence-corrected chi connectivity index (χ3v) is 9.63. The van der Waals surface area contributed by atoms with Crippen LogP contribution in [0.25, 0.3) is 0 Å². The summed E-state index contributed by atoms with van der Waals surface area (Å²) in [4.78, 5) is 1.97. The molecule has 6 nitrogen and oxygen atoms in total. The SMILES string of the molecule is CN(CCC[S+]([O-])CCCC(F)(F)C(F)(F)F)CCOc1ccc(C2c3ccc(O)cc3OCC2(C)c2ccc(O)cc2)cc1. The summed E-state index contributed by atoms with van der Waals surface area (Å²) in [7, 11) is 1.86. The van der Waals surface area contributed by atoms with Crippen LogP contribution in [0.4, 0.5) is 22.0 Å². The predicted molar refractivity (Wildman–Crippen MR) is 163 cm³/mol. The Morgan fingerprint density at radius 1 is 0.933 bits per heavy atom. The maximum absolute atomic E-state index is 13.0. The fourth-order valence-corrected chi connectivity index (χ4v) is 6.68. The molecule has 0 bridgehead atoms. The maximum Gasteiger partial charge on any atom is 0.453 e. The van der Waals surface area contributed by atoms with E-state index >= 15 is 0 Å². The van der Waals surface area contributed by atoms with Crippen molar-refractivity contribution in [3.63, 3.8) is 0 Å². The molecule has 2 N–H and O–H groups in total. The summed E-state index contributed by atoms with van der Waals surface area (Å²) in [6.45, 7) is 4.01. The third kappa shape index (κ3) is 8.74. The zero-order chi connectivity index (χ0) is 32.8. The highest BCUT2D eigenvalue weighted by Crippen LogP contribution is 2.51. The van der Waals surface area contributed by atoms with Gasteiger partial charge in [-0.3, -0.25) is 0 Å². The molecule has 0 saturated heterocycles. The number of phenolic OH excluding ortho intramolecular Hbond substituents is 2. The molecule has 0 radical (unpaired) electrons. The molecule has 0 aliphatic carbocycles. The zero-order valence-electron chi connectivity index (χ0n) is 25.2. The summed E-state index contributed by atoms with van der Waals surface area (Å²) < 4.78 is 86.8. The topological polar surface area (TPSA) is 85.2 Å². The van der Waals surface area contributed by atoms with Gasteiger partial charge in [0.1, 0.15) is 41.1 Å². The molecule has 0 aromatic heterocycles. The van der Waals surface area contributed by atoms with Crippen LogP contribution in [-0.4, -0.2) is 76.6 Å². The minimum Gasteiger partial charge on any atom is -0.616 e. The van der Waals surface area contributed by atoms with Gasteiger partial charge in [-0.05, 0) is 54.9 Å². The van der Waals surface area contributed by atoms with E-state index in [0.29, 0.717) is 44.2 Å². The largest absolute Gasteiger partial charge is 0.616 e. The second kappa shape index (κ2) is 14.5. The van der Waals surface area contributed by atoms with Crippen molar-refractivity contribution in [1.82, 2.24) is 4.90 Å². The number of likely N-dealkylation sites (N-methyl/N-ethyl adjacent to an activating group) is 1. The smallest absolute Gasteiger partial charge is 0.453 e. The van der Waals surface area contributed by atoms with Gasteiger partial charge in [-0.25, -0.2) is 0 Å². The van der Waals surface area contributed by atoms with Gasteiger partial charge in [-0.15, -0.1) is 0 Å². The van der Waals surface area contributed by atoms with Crippen molar-refractivity contribution in [2.75, 3.05) is 44.9 Å². The molecule has 0 amide bonds. The van der Waals surface area contributed by atoms with E-state index in [1.807, 2.05) is 54.4 Å². The van der Waals surface area contributed by atoms with Crippen LogP contribution in [-0.2, 0) is 16.6 Å². The highest BCUT2D eigenvalue weighted by molar-refractivity contribution is 7.91. The Morgan fingerprint density at radius 3 is 2.24 bits per heavy atom. The standard InChI is InChI=1S/C33H38F5NO5S/c1-31(24-7-9-25(40)10-8-24)22-44-29-21-26(41)11-14-28(29)30(31)23-5-12-27(13-6-23)43-18-17-39(2)16-4-20-45(42)19-3-15-32(34,35)33(36,37)38/h5-14,21,30,40-41H,3-4,15-20,22H2,1-2H3. The van der Waals surface area contributed by atoms with Gasteiger partial charge < -0.3 is 29.1 Å². The van der Waals surface area contributed by atoms with Crippen molar-refractivity contribution < 1.29 is 46.2 Å². The lowest BCUT2D eigenvalue weighted by molar-refractivity contribution is -0.284. The van der Waals surface area contributed by atoms with Crippen molar-refractivity contribution in [1.29, 1.82) is 0 Å². The number of aromatic hydroxyl groups is 2. The van der Waals surface area contributed by atoms with E-state index in [1.165, 1.54) is 0 Å². The molecule has 0 fully saturated rings. The van der Waals surface area contributed by atoms with Gasteiger partial charge >= 0.3 is 12.1 Å². The van der Waals surface area contributed by atoms with Crippen LogP contribution >= 0.6 is 0 Å². The lowest BCUT2D eigenvalue weighted by atomic mass is 9.65. The number of hydrogen-bond donors (Lipinski definition) is 2. The number of hydrogen-bond acceptors (Lipinski definition) is 6. The Kier molecular flexibility index (Phi) is 11.1. The molecular weight excluding hydrogens is 617 g/mol. The molecule has 1 aliphatic heterocycles. The van der Waals surface area contributed by atoms with Crippen molar-refractivity contribution in [2.45, 2.75) is 49.6 Å². The average molecular weight is 656 g/mol. The highest BCUT2D eigenvalue weighted by atomic mass is 32.2. The summed E-state index contributed by atoms with van der Waals surface area (Å²) >= 11 is -1.46. The molecule has 246 valence electrons. The Bertz CT molecular complexity index is 1390. The fourth-order valence-electron chi connectivity index (χ4n) is 5.56. The van der Waals surface area contributed by atoms with E-state index in [9.17, 15) is 36.7 Å². The summed E-state index contributed by atoms with van der Waals surface area (Å²) in [6, 6.07) is 20.0. The van der Waals surface area contributed by atoms with Gasteiger partial charge in [-0.2, -0.15) is 22.0 Å². The first-order chi connectivity index (χ1) is 21.2. The van der Waals surface area contributed by atoms with Crippen LogP contribution in [0.2, 0.25) is 0 Å². The van der Waals surface area contributed by atoms with Crippen LogP contribution < -0.4 is 9.47 Å². The Morgan fingerprint density at radius 2 is 1.58 bits per heavy atom. The number of ether oxygens (including phenoxy) is 2. The molecule has 45 heavy (non-hydrogen) atoms. The molecule has 3 aromatic rings. The molecule has 3 aromatic carbocycles. The van der Waals surface area contributed by atoms with Crippen LogP contribution in [0, 0.1) is 0 Å². The first-order valence-corrected chi connectivity index (χ1v) is 16.1. The first-order valence-electron chi connectivity index (χ1n) is 14.7. The van der Waals surface area contributed by atoms with Gasteiger partial charge in [0.25, 0.3) is 0 Å². The summed E-state index contributed by atoms with van der Waals surface area (Å²) in [5, 5.41) is 19.9. The zero-order valence-corrected chi connectivity index (χ0v) is 26.0. The molecule has 12 heteroatoms. The van der Waals surface area contributed by atoms with E-state index in [-0.39, 0.29) is 28.9 Å². The second-order valence-electron chi connectivity index (χ2n) is 11.6. The van der Waals surface area contributed by atoms with Gasteiger partial charge in [0.05, 0.1) is 6.61 Å². The Balaban J connectivity index is 1.29. The van der Waals surface area contributed by atoms with E-state index in [0.717, 1.165) is 16.7 Å². The molecule has 1 heterocycles. The lowest BCUT2D eigenvalue weighted by Gasteiger charge is -2.43. The average Bonchev–Trinajstić information content (AvgIpc) is 2.97. The molecule has 3 unspecified atom stereocenters. The van der Waals surface area contributed by atoms with Crippen LogP contribution in [0.15, 0.2) is 66.7 Å². The van der Waals surface area contributed by atoms with Gasteiger partial charge in [-0.1, -0.05) is 48.4 Å². The van der Waals surface area contributed by atoms with Crippen molar-refractivity contribution in [3.8, 4) is 23.0 Å². The Labute approximate surface area is 263 Å². The molecular formula is C33H38F5NO5S. The number of alkyl halides is 5. The number of phenols is 2. The minimum atomic E-state index is -5.58. The van der Waals surface area contributed by atoms with Crippen molar-refractivity contribution in [3.05, 3.63) is 83.4 Å². The van der Waals surface area contributed by atoms with Crippen LogP contribution in [0.1, 0.15) is 48.8 Å². The normalized spacial score (nSPS) is 19.2. The van der Waals surface area contributed by atoms with Crippen LogP contribution in [0.5, 0.6) is 23.0 Å². The van der Waals surface area contributed by atoms with Crippen molar-refractivity contribution >= 4 is 11.2 Å².